The summed E-state index contributed by atoms with van der Waals surface area (Å²) < 4.78 is 5.69. The van der Waals surface area contributed by atoms with Crippen LogP contribution in [0.15, 0.2) is 53.8 Å². The van der Waals surface area contributed by atoms with Gasteiger partial charge in [-0.15, -0.1) is 0 Å². The van der Waals surface area contributed by atoms with Gasteiger partial charge >= 0.3 is 0 Å². The summed E-state index contributed by atoms with van der Waals surface area (Å²) in [5.41, 5.74) is 6.55. The molecule has 10 heteroatoms. The second-order valence-electron chi connectivity index (χ2n) is 6.65. The number of carbonyl (C=O) groups excluding carboxylic acids is 2. The van der Waals surface area contributed by atoms with Gasteiger partial charge in [0.1, 0.15) is 6.33 Å². The lowest BCUT2D eigenvalue weighted by molar-refractivity contribution is -0.118. The topological polar surface area (TPSA) is 148 Å². The third-order valence-corrected chi connectivity index (χ3v) is 4.36. The van der Waals surface area contributed by atoms with E-state index in [-0.39, 0.29) is 11.5 Å². The normalized spacial score (nSPS) is 12.7. The van der Waals surface area contributed by atoms with Crippen LogP contribution >= 0.6 is 0 Å². The molecule has 0 bridgehead atoms. The molecule has 0 aromatic carbocycles. The van der Waals surface area contributed by atoms with Gasteiger partial charge in [-0.05, 0) is 30.7 Å². The summed E-state index contributed by atoms with van der Waals surface area (Å²) >= 11 is 0. The number of amides is 2. The fourth-order valence-electron chi connectivity index (χ4n) is 3.08. The van der Waals surface area contributed by atoms with Crippen molar-refractivity contribution < 1.29 is 14.0 Å². The van der Waals surface area contributed by atoms with Crippen LogP contribution in [-0.2, 0) is 10.5 Å². The predicted octanol–water partition coefficient (Wildman–Crippen LogP) is 0.712. The van der Waals surface area contributed by atoms with Gasteiger partial charge in [-0.3, -0.25) is 19.9 Å². The third-order valence-electron chi connectivity index (χ3n) is 4.36. The highest BCUT2D eigenvalue weighted by Gasteiger charge is 2.41. The van der Waals surface area contributed by atoms with Crippen LogP contribution in [0.25, 0.3) is 0 Å². The van der Waals surface area contributed by atoms with E-state index < -0.39 is 11.6 Å². The van der Waals surface area contributed by atoms with Crippen LogP contribution in [0, 0.1) is 6.92 Å². The highest BCUT2D eigenvalue weighted by atomic mass is 16.3. The monoisotopic (exact) mass is 409 g/mol. The largest absolute Gasteiger partial charge is 0.465 e. The Labute approximate surface area is 173 Å². The molecule has 2 amide bonds. The zero-order valence-corrected chi connectivity index (χ0v) is 16.7. The van der Waals surface area contributed by atoms with Crippen molar-refractivity contribution in [2.75, 3.05) is 18.8 Å². The van der Waals surface area contributed by atoms with Crippen LogP contribution in [0.2, 0.25) is 0 Å². The third kappa shape index (κ3) is 4.61. The number of nitrogen functional groups attached to an aromatic ring is 1. The summed E-state index contributed by atoms with van der Waals surface area (Å²) in [4.78, 5) is 36.6. The quantitative estimate of drug-likeness (QED) is 0.314. The summed E-state index contributed by atoms with van der Waals surface area (Å²) in [5.74, 6) is -0.180. The number of pyridine rings is 1. The van der Waals surface area contributed by atoms with Gasteiger partial charge in [0, 0.05) is 32.4 Å². The van der Waals surface area contributed by atoms with E-state index in [0.29, 0.717) is 30.2 Å². The molecule has 3 aromatic rings. The number of hydrogen-bond acceptors (Lipinski definition) is 8. The molecule has 0 saturated heterocycles. The van der Waals surface area contributed by atoms with Crippen LogP contribution in [-0.4, -0.2) is 39.9 Å². The molecule has 0 radical (unpaired) electrons. The number of nitrogens with two attached hydrogens (primary N) is 1. The number of aromatic nitrogens is 3. The zero-order chi connectivity index (χ0) is 21.6. The van der Waals surface area contributed by atoms with E-state index >= 15 is 0 Å². The Morgan fingerprint density at radius 1 is 1.20 bits per heavy atom. The summed E-state index contributed by atoms with van der Waals surface area (Å²) in [6.07, 6.45) is 7.18. The van der Waals surface area contributed by atoms with Gasteiger partial charge in [-0.2, -0.15) is 0 Å². The Morgan fingerprint density at radius 2 is 1.97 bits per heavy atom. The van der Waals surface area contributed by atoms with Crippen LogP contribution < -0.4 is 21.7 Å². The van der Waals surface area contributed by atoms with Crippen molar-refractivity contribution in [1.29, 1.82) is 0 Å². The Bertz CT molecular complexity index is 1010. The molecule has 5 N–H and O–H groups in total. The fourth-order valence-corrected chi connectivity index (χ4v) is 3.08. The van der Waals surface area contributed by atoms with Crippen molar-refractivity contribution >= 4 is 17.5 Å². The Balaban J connectivity index is 2.06. The first-order valence-corrected chi connectivity index (χ1v) is 9.26. The number of carbonyl (C=O) groups is 2. The smallest absolute Gasteiger partial charge is 0.256 e. The number of rotatable bonds is 8. The van der Waals surface area contributed by atoms with Crippen molar-refractivity contribution in [3.63, 3.8) is 0 Å². The minimum atomic E-state index is -1.33. The molecule has 0 fully saturated rings. The Kier molecular flexibility index (Phi) is 6.38. The van der Waals surface area contributed by atoms with Gasteiger partial charge in [0.15, 0.2) is 11.4 Å². The number of anilines is 1. The summed E-state index contributed by atoms with van der Waals surface area (Å²) in [6.45, 7) is 3.92. The number of furan rings is 1. The van der Waals surface area contributed by atoms with Crippen LogP contribution in [0.4, 0.5) is 5.69 Å². The first-order chi connectivity index (χ1) is 14.4. The highest BCUT2D eigenvalue weighted by Crippen LogP contribution is 2.29. The predicted molar refractivity (Wildman–Crippen MR) is 109 cm³/mol. The molecule has 0 aliphatic heterocycles. The van der Waals surface area contributed by atoms with Crippen LogP contribution in [0.5, 0.6) is 0 Å². The van der Waals surface area contributed by atoms with Crippen molar-refractivity contribution in [2.24, 2.45) is 0 Å². The van der Waals surface area contributed by atoms with Gasteiger partial charge in [0.25, 0.3) is 5.91 Å². The van der Waals surface area contributed by atoms with Crippen molar-refractivity contribution in [3.05, 3.63) is 72.0 Å². The lowest BCUT2D eigenvalue weighted by Gasteiger charge is -2.34. The summed E-state index contributed by atoms with van der Waals surface area (Å²) in [6, 6.07) is 5.20. The molecule has 10 nitrogen and oxygen atoms in total. The minimum absolute atomic E-state index is 0.160. The van der Waals surface area contributed by atoms with E-state index in [4.69, 9.17) is 10.2 Å². The van der Waals surface area contributed by atoms with E-state index in [2.05, 4.69) is 30.9 Å². The molecule has 30 heavy (non-hydrogen) atoms. The lowest BCUT2D eigenvalue weighted by Crippen LogP contribution is -2.58. The molecule has 3 aromatic heterocycles. The average Bonchev–Trinajstić information content (AvgIpc) is 3.26. The lowest BCUT2D eigenvalue weighted by atomic mass is 9.96. The SMILES string of the molecule is CC(=O)NCCNC(NC(=O)c1cncnc1)(c1ccco1)c1ncc(N)cc1C. The maximum Gasteiger partial charge on any atom is 0.256 e. The van der Waals surface area contributed by atoms with E-state index in [1.165, 1.54) is 38.1 Å². The van der Waals surface area contributed by atoms with Crippen LogP contribution in [0.1, 0.15) is 34.3 Å². The second kappa shape index (κ2) is 9.14. The Morgan fingerprint density at radius 3 is 2.60 bits per heavy atom. The average molecular weight is 409 g/mol. The molecule has 0 spiro atoms. The number of nitrogens with zero attached hydrogens (tertiary/aromatic N) is 3. The number of aryl methyl sites for hydroxylation is 1. The molecular weight excluding hydrogens is 386 g/mol. The first kappa shape index (κ1) is 20.9. The molecule has 1 unspecified atom stereocenters. The second-order valence-corrected chi connectivity index (χ2v) is 6.65. The molecule has 0 aliphatic rings. The standard InChI is InChI=1S/C20H23N7O3/c1-13-8-16(21)11-25-18(13)20(17-4-3-7-30-17,26-6-5-24-14(2)28)27-19(29)15-9-22-12-23-10-15/h3-4,7-12,26H,5-6,21H2,1-2H3,(H,24,28)(H,27,29). The Hall–Kier alpha value is -3.79. The highest BCUT2D eigenvalue weighted by molar-refractivity contribution is 5.94. The van der Waals surface area contributed by atoms with E-state index in [1.807, 2.05) is 6.92 Å². The van der Waals surface area contributed by atoms with E-state index in [1.54, 1.807) is 18.2 Å². The van der Waals surface area contributed by atoms with Gasteiger partial charge in [0.2, 0.25) is 5.91 Å². The van der Waals surface area contributed by atoms with Gasteiger partial charge in [-0.25, -0.2) is 9.97 Å². The van der Waals surface area contributed by atoms with Crippen molar-refractivity contribution in [1.82, 2.24) is 30.9 Å². The maximum absolute atomic E-state index is 13.1. The minimum Gasteiger partial charge on any atom is -0.465 e. The molecular formula is C20H23N7O3. The molecule has 1 atom stereocenters. The molecule has 156 valence electrons. The molecule has 0 aliphatic carbocycles. The molecule has 0 saturated carbocycles. The van der Waals surface area contributed by atoms with Gasteiger partial charge < -0.3 is 20.8 Å². The first-order valence-electron chi connectivity index (χ1n) is 9.26. The molecule has 3 rings (SSSR count). The molecule has 3 heterocycles. The van der Waals surface area contributed by atoms with E-state index in [9.17, 15) is 9.59 Å². The maximum atomic E-state index is 13.1. The van der Waals surface area contributed by atoms with Crippen molar-refractivity contribution in [3.8, 4) is 0 Å². The number of nitrogens with one attached hydrogen (secondary N) is 3. The van der Waals surface area contributed by atoms with Gasteiger partial charge in [-0.1, -0.05) is 0 Å². The van der Waals surface area contributed by atoms with E-state index in [0.717, 1.165) is 5.56 Å². The van der Waals surface area contributed by atoms with Crippen molar-refractivity contribution in [2.45, 2.75) is 19.5 Å². The van der Waals surface area contributed by atoms with Gasteiger partial charge in [0.05, 0.1) is 29.4 Å². The summed E-state index contributed by atoms with van der Waals surface area (Å²) in [7, 11) is 0. The summed E-state index contributed by atoms with van der Waals surface area (Å²) in [5, 5.41) is 8.98. The van der Waals surface area contributed by atoms with Crippen LogP contribution in [0.3, 0.4) is 0 Å². The number of hydrogen-bond donors (Lipinski definition) is 4. The zero-order valence-electron chi connectivity index (χ0n) is 16.7. The fraction of sp³-hybridized carbons (Fsp3) is 0.250.